The molecule has 0 aromatic rings. The largest absolute Gasteiger partial charge is 0.369 e. The number of nitrogens with one attached hydrogen (secondary N) is 1. The van der Waals surface area contributed by atoms with E-state index in [1.54, 1.807) is 12.2 Å². The minimum Gasteiger partial charge on any atom is -0.369 e. The van der Waals surface area contributed by atoms with Gasteiger partial charge in [0.15, 0.2) is 0 Å². The second kappa shape index (κ2) is 8.47. The minimum atomic E-state index is -0.628. The summed E-state index contributed by atoms with van der Waals surface area (Å²) in [6.07, 6.45) is 9.84. The Kier molecular flexibility index (Phi) is 7.49. The number of allylic oxidation sites excluding steroid dienone is 5. The molecule has 4 heteroatoms. The van der Waals surface area contributed by atoms with Crippen molar-refractivity contribution in [1.29, 1.82) is 0 Å². The van der Waals surface area contributed by atoms with Crippen LogP contribution in [0.15, 0.2) is 36.1 Å². The fraction of sp³-hybridized carbons (Fsp3) is 0.333. The molecule has 0 aromatic carbocycles. The summed E-state index contributed by atoms with van der Waals surface area (Å²) in [6.45, 7) is 4.00. The third-order valence-electron chi connectivity index (χ3n) is 1.60. The van der Waals surface area contributed by atoms with Crippen molar-refractivity contribution in [3.8, 4) is 0 Å². The highest BCUT2D eigenvalue weighted by Gasteiger charge is 2.05. The summed E-state index contributed by atoms with van der Waals surface area (Å²) < 4.78 is 0. The lowest BCUT2D eigenvalue weighted by Gasteiger charge is -2.02. The highest BCUT2D eigenvalue weighted by molar-refractivity contribution is 5.96. The van der Waals surface area contributed by atoms with Crippen molar-refractivity contribution in [3.63, 3.8) is 0 Å². The van der Waals surface area contributed by atoms with Gasteiger partial charge in [0.2, 0.25) is 11.8 Å². The van der Waals surface area contributed by atoms with E-state index in [-0.39, 0.29) is 15.2 Å². The van der Waals surface area contributed by atoms with Gasteiger partial charge in [0.05, 0.1) is 0 Å². The molecule has 0 aromatic heterocycles. The van der Waals surface area contributed by atoms with Crippen LogP contribution in [0.1, 0.15) is 29.5 Å². The molecule has 92 valence electrons. The Morgan fingerprint density at radius 2 is 2.12 bits per heavy atom. The Morgan fingerprint density at radius 3 is 2.75 bits per heavy atom. The standard InChI is InChI=1S/C10H12N2O2.C2H6.2H2/c11-9(13)7-10(14)12-8-5-3-1-2-4-6-8;1-2;;/h1,3-6H,2,7H2,(H2,11,13)(H,12,14);1-2H3;2*1H. The first kappa shape index (κ1) is 14.2. The van der Waals surface area contributed by atoms with Crippen molar-refractivity contribution in [2.75, 3.05) is 0 Å². The van der Waals surface area contributed by atoms with Gasteiger partial charge >= 0.3 is 0 Å². The fourth-order valence-electron chi connectivity index (χ4n) is 1.03. The number of amides is 2. The maximum Gasteiger partial charge on any atom is 0.233 e. The average Bonchev–Trinajstić information content (AvgIpc) is 2.48. The Bertz CT molecular complexity index is 337. The van der Waals surface area contributed by atoms with Gasteiger partial charge in [-0.05, 0) is 18.6 Å². The number of rotatable bonds is 3. The molecule has 16 heavy (non-hydrogen) atoms. The van der Waals surface area contributed by atoms with E-state index >= 15 is 0 Å². The molecule has 0 fully saturated rings. The Morgan fingerprint density at radius 1 is 1.44 bits per heavy atom. The number of hydrogen-bond acceptors (Lipinski definition) is 2. The van der Waals surface area contributed by atoms with Gasteiger partial charge in [-0.15, -0.1) is 0 Å². The summed E-state index contributed by atoms with van der Waals surface area (Å²) in [5.41, 5.74) is 5.55. The molecule has 0 spiro atoms. The van der Waals surface area contributed by atoms with Crippen LogP contribution < -0.4 is 11.1 Å². The molecular weight excluding hydrogens is 204 g/mol. The molecule has 0 saturated heterocycles. The van der Waals surface area contributed by atoms with E-state index in [1.165, 1.54) is 0 Å². The van der Waals surface area contributed by atoms with Crippen LogP contribution in [0.2, 0.25) is 0 Å². The molecule has 0 saturated carbocycles. The number of primary amides is 1. The van der Waals surface area contributed by atoms with Crippen LogP contribution in [0.5, 0.6) is 0 Å². The monoisotopic (exact) mass is 226 g/mol. The van der Waals surface area contributed by atoms with E-state index in [0.29, 0.717) is 5.70 Å². The maximum atomic E-state index is 11.1. The van der Waals surface area contributed by atoms with E-state index < -0.39 is 5.91 Å². The lowest BCUT2D eigenvalue weighted by molar-refractivity contribution is -0.127. The zero-order valence-corrected chi connectivity index (χ0v) is 9.69. The first-order valence-corrected chi connectivity index (χ1v) is 5.30. The van der Waals surface area contributed by atoms with E-state index in [1.807, 2.05) is 32.1 Å². The van der Waals surface area contributed by atoms with E-state index in [0.717, 1.165) is 6.42 Å². The predicted molar refractivity (Wildman–Crippen MR) is 68.5 cm³/mol. The lowest BCUT2D eigenvalue weighted by Crippen LogP contribution is -2.27. The van der Waals surface area contributed by atoms with Gasteiger partial charge in [-0.25, -0.2) is 0 Å². The third-order valence-corrected chi connectivity index (χ3v) is 1.60. The Balaban J connectivity index is -0.000000534. The topological polar surface area (TPSA) is 72.2 Å². The Hall–Kier alpha value is -1.84. The molecule has 2 amide bonds. The van der Waals surface area contributed by atoms with Crippen LogP contribution in [0.3, 0.4) is 0 Å². The molecule has 0 bridgehead atoms. The molecule has 0 atom stereocenters. The molecule has 0 aliphatic heterocycles. The number of hydrogen-bond donors (Lipinski definition) is 2. The van der Waals surface area contributed by atoms with Gasteiger partial charge in [-0.2, -0.15) is 0 Å². The normalized spacial score (nSPS) is 13.0. The molecule has 0 unspecified atom stereocenters. The van der Waals surface area contributed by atoms with Gasteiger partial charge in [0.1, 0.15) is 6.42 Å². The zero-order chi connectivity index (χ0) is 12.4. The molecule has 4 nitrogen and oxygen atoms in total. The summed E-state index contributed by atoms with van der Waals surface area (Å²) >= 11 is 0. The molecular formula is C12H22N2O2. The molecule has 1 rings (SSSR count). The second-order valence-electron chi connectivity index (χ2n) is 2.88. The summed E-state index contributed by atoms with van der Waals surface area (Å²) in [5.74, 6) is -1.01. The average molecular weight is 226 g/mol. The van der Waals surface area contributed by atoms with Crippen molar-refractivity contribution in [1.82, 2.24) is 5.32 Å². The zero-order valence-electron chi connectivity index (χ0n) is 9.69. The van der Waals surface area contributed by atoms with Crippen LogP contribution in [-0.4, -0.2) is 11.8 Å². The van der Waals surface area contributed by atoms with Crippen molar-refractivity contribution < 1.29 is 12.4 Å². The van der Waals surface area contributed by atoms with Gasteiger partial charge in [-0.1, -0.05) is 32.1 Å². The van der Waals surface area contributed by atoms with Crippen LogP contribution in [-0.2, 0) is 9.59 Å². The van der Waals surface area contributed by atoms with Crippen LogP contribution in [0.25, 0.3) is 0 Å². The third kappa shape index (κ3) is 6.59. The van der Waals surface area contributed by atoms with Crippen LogP contribution in [0.4, 0.5) is 0 Å². The SMILES string of the molecule is CC.NC(=O)CC(=O)NC1=CC=CCC=C1.[HH].[HH]. The molecule has 0 heterocycles. The highest BCUT2D eigenvalue weighted by atomic mass is 16.2. The lowest BCUT2D eigenvalue weighted by atomic mass is 10.3. The molecule has 1 aliphatic carbocycles. The Labute approximate surface area is 98.9 Å². The maximum absolute atomic E-state index is 11.1. The number of nitrogens with two attached hydrogens (primary N) is 1. The summed E-state index contributed by atoms with van der Waals surface area (Å²) in [7, 11) is 0. The number of carbonyl (C=O) groups is 2. The molecule has 1 aliphatic rings. The molecule has 3 N–H and O–H groups in total. The highest BCUT2D eigenvalue weighted by Crippen LogP contribution is 2.01. The first-order chi connectivity index (χ1) is 7.68. The molecule has 0 radical (unpaired) electrons. The van der Waals surface area contributed by atoms with Gasteiger partial charge in [0, 0.05) is 8.55 Å². The van der Waals surface area contributed by atoms with E-state index in [2.05, 4.69) is 5.32 Å². The fourth-order valence-corrected chi connectivity index (χ4v) is 1.03. The summed E-state index contributed by atoms with van der Waals surface area (Å²) in [5, 5.41) is 2.57. The van der Waals surface area contributed by atoms with Crippen molar-refractivity contribution in [2.24, 2.45) is 5.73 Å². The van der Waals surface area contributed by atoms with Gasteiger partial charge < -0.3 is 11.1 Å². The minimum absolute atomic E-state index is 0. The second-order valence-corrected chi connectivity index (χ2v) is 2.88. The number of carbonyl (C=O) groups excluding carboxylic acids is 2. The van der Waals surface area contributed by atoms with E-state index in [9.17, 15) is 9.59 Å². The summed E-state index contributed by atoms with van der Waals surface area (Å²) in [6, 6.07) is 0. The predicted octanol–water partition coefficient (Wildman–Crippen LogP) is 1.90. The van der Waals surface area contributed by atoms with Crippen LogP contribution in [0, 0.1) is 0 Å². The van der Waals surface area contributed by atoms with Crippen LogP contribution >= 0.6 is 0 Å². The smallest absolute Gasteiger partial charge is 0.233 e. The van der Waals surface area contributed by atoms with E-state index in [4.69, 9.17) is 5.73 Å². The van der Waals surface area contributed by atoms with Gasteiger partial charge in [-0.3, -0.25) is 9.59 Å². The summed E-state index contributed by atoms with van der Waals surface area (Å²) in [4.78, 5) is 21.6. The first-order valence-electron chi connectivity index (χ1n) is 5.30. The van der Waals surface area contributed by atoms with Crippen molar-refractivity contribution >= 4 is 11.8 Å². The van der Waals surface area contributed by atoms with Gasteiger partial charge in [0.25, 0.3) is 0 Å². The van der Waals surface area contributed by atoms with Crippen molar-refractivity contribution in [3.05, 3.63) is 36.1 Å². The quantitative estimate of drug-likeness (QED) is 0.721. The van der Waals surface area contributed by atoms with Crippen molar-refractivity contribution in [2.45, 2.75) is 26.7 Å².